The molecule has 0 aromatic rings. The van der Waals surface area contributed by atoms with E-state index in [1.165, 1.54) is 0 Å². The van der Waals surface area contributed by atoms with Gasteiger partial charge in [-0.1, -0.05) is 0 Å². The van der Waals surface area contributed by atoms with E-state index in [0.717, 1.165) is 0 Å². The van der Waals surface area contributed by atoms with Crippen molar-refractivity contribution in [1.29, 1.82) is 0 Å². The van der Waals surface area contributed by atoms with Gasteiger partial charge in [-0.2, -0.15) is 0 Å². The van der Waals surface area contributed by atoms with Gasteiger partial charge >= 0.3 is 0 Å². The Hall–Kier alpha value is -0.530. The van der Waals surface area contributed by atoms with E-state index in [-0.39, 0.29) is 0 Å². The van der Waals surface area contributed by atoms with Gasteiger partial charge < -0.3 is 31.6 Å². The lowest BCUT2D eigenvalue weighted by molar-refractivity contribution is -0.110. The summed E-state index contributed by atoms with van der Waals surface area (Å²) in [6, 6.07) is -2.11. The van der Waals surface area contributed by atoms with Crippen LogP contribution in [0, 0.1) is 0 Å². The van der Waals surface area contributed by atoms with Gasteiger partial charge in [0.25, 0.3) is 0 Å². The van der Waals surface area contributed by atoms with Crippen molar-refractivity contribution in [2.45, 2.75) is 24.3 Å². The first-order chi connectivity index (χ1) is 5.54. The Morgan fingerprint density at radius 2 is 1.83 bits per heavy atom. The summed E-state index contributed by atoms with van der Waals surface area (Å²) < 4.78 is 0. The molecule has 0 aliphatic rings. The number of carbonyl (C=O) groups is 1. The number of carbonyl (C=O) groups excluding carboxylic acids is 1. The summed E-state index contributed by atoms with van der Waals surface area (Å²) in [5.41, 5.74) is 10.4. The minimum Gasteiger partial charge on any atom is -0.394 e. The zero-order valence-corrected chi connectivity index (χ0v) is 6.50. The van der Waals surface area contributed by atoms with Crippen LogP contribution in [0.15, 0.2) is 0 Å². The lowest BCUT2D eigenvalue weighted by atomic mass is 10.0. The molecule has 0 radical (unpaired) electrons. The molecule has 0 aliphatic heterocycles. The second kappa shape index (κ2) is 5.18. The molecule has 0 aromatic carbocycles. The van der Waals surface area contributed by atoms with Gasteiger partial charge in [0.15, 0.2) is 0 Å². The summed E-state index contributed by atoms with van der Waals surface area (Å²) in [6.45, 7) is -0.625. The summed E-state index contributed by atoms with van der Waals surface area (Å²) in [7, 11) is 0. The van der Waals surface area contributed by atoms with Crippen molar-refractivity contribution in [3.8, 4) is 0 Å². The zero-order valence-electron chi connectivity index (χ0n) is 6.50. The van der Waals surface area contributed by atoms with Crippen LogP contribution in [0.1, 0.15) is 0 Å². The minimum absolute atomic E-state index is 0.373. The zero-order chi connectivity index (χ0) is 9.72. The van der Waals surface area contributed by atoms with Gasteiger partial charge in [-0.05, 0) is 0 Å². The minimum atomic E-state index is -1.39. The van der Waals surface area contributed by atoms with E-state index in [1.807, 2.05) is 0 Å². The van der Waals surface area contributed by atoms with Gasteiger partial charge in [-0.25, -0.2) is 0 Å². The molecular weight excluding hydrogens is 164 g/mol. The van der Waals surface area contributed by atoms with Crippen LogP contribution in [0.2, 0.25) is 0 Å². The number of aliphatic hydroxyl groups excluding tert-OH is 3. The molecule has 0 spiro atoms. The van der Waals surface area contributed by atoms with Crippen LogP contribution in [-0.4, -0.2) is 52.5 Å². The Kier molecular flexibility index (Phi) is 4.95. The maximum atomic E-state index is 10.1. The third-order valence-electron chi connectivity index (χ3n) is 1.58. The van der Waals surface area contributed by atoms with Gasteiger partial charge in [0.2, 0.25) is 0 Å². The molecule has 0 fully saturated rings. The topological polar surface area (TPSA) is 130 Å². The molecule has 0 unspecified atom stereocenters. The SMILES string of the molecule is N[C@@H]([C@@H](O)[C@H](O)CO)[C@@H](N)C=O. The Morgan fingerprint density at radius 1 is 1.33 bits per heavy atom. The number of nitrogens with two attached hydrogens (primary N) is 2. The standard InChI is InChI=1S/C6H14N2O4/c7-3(1-9)5(8)6(12)4(11)2-10/h1,3-6,10-12H,2,7-8H2/t3-,4+,5+,6-/m0/s1. The van der Waals surface area contributed by atoms with Crippen molar-refractivity contribution >= 4 is 6.29 Å². The highest BCUT2D eigenvalue weighted by Gasteiger charge is 2.27. The van der Waals surface area contributed by atoms with E-state index in [2.05, 4.69) is 0 Å². The van der Waals surface area contributed by atoms with Crippen molar-refractivity contribution in [3.63, 3.8) is 0 Å². The number of hydrogen-bond donors (Lipinski definition) is 5. The second-order valence-corrected chi connectivity index (χ2v) is 2.53. The molecule has 12 heavy (non-hydrogen) atoms. The predicted molar refractivity (Wildman–Crippen MR) is 41.1 cm³/mol. The highest BCUT2D eigenvalue weighted by atomic mass is 16.4. The predicted octanol–water partition coefficient (Wildman–Crippen LogP) is -3.45. The normalized spacial score (nSPS) is 21.1. The molecule has 0 rings (SSSR count). The van der Waals surface area contributed by atoms with Crippen LogP contribution in [0.4, 0.5) is 0 Å². The maximum absolute atomic E-state index is 10.1. The van der Waals surface area contributed by atoms with Crippen molar-refractivity contribution < 1.29 is 20.1 Å². The monoisotopic (exact) mass is 178 g/mol. The molecule has 4 atom stereocenters. The van der Waals surface area contributed by atoms with E-state index < -0.39 is 30.9 Å². The third kappa shape index (κ3) is 2.84. The fourth-order valence-corrected chi connectivity index (χ4v) is 0.683. The lowest BCUT2D eigenvalue weighted by Crippen LogP contribution is -2.55. The van der Waals surface area contributed by atoms with Gasteiger partial charge in [0, 0.05) is 0 Å². The van der Waals surface area contributed by atoms with E-state index in [0.29, 0.717) is 6.29 Å². The molecular formula is C6H14N2O4. The third-order valence-corrected chi connectivity index (χ3v) is 1.58. The summed E-state index contributed by atoms with van der Waals surface area (Å²) >= 11 is 0. The van der Waals surface area contributed by atoms with E-state index in [1.54, 1.807) is 0 Å². The first-order valence-corrected chi connectivity index (χ1v) is 3.48. The summed E-state index contributed by atoms with van der Waals surface area (Å²) in [4.78, 5) is 10.1. The molecule has 0 saturated heterocycles. The van der Waals surface area contributed by atoms with Crippen LogP contribution in [0.25, 0.3) is 0 Å². The first-order valence-electron chi connectivity index (χ1n) is 3.48. The van der Waals surface area contributed by atoms with Crippen LogP contribution >= 0.6 is 0 Å². The van der Waals surface area contributed by atoms with Gasteiger partial charge in [-0.15, -0.1) is 0 Å². The Balaban J connectivity index is 4.07. The Labute approximate surface area is 69.8 Å². The van der Waals surface area contributed by atoms with Crippen LogP contribution in [-0.2, 0) is 4.79 Å². The largest absolute Gasteiger partial charge is 0.394 e. The number of aldehydes is 1. The van der Waals surface area contributed by atoms with Gasteiger partial charge in [-0.3, -0.25) is 0 Å². The highest BCUT2D eigenvalue weighted by molar-refractivity contribution is 5.58. The van der Waals surface area contributed by atoms with Crippen molar-refractivity contribution in [2.24, 2.45) is 11.5 Å². The fourth-order valence-electron chi connectivity index (χ4n) is 0.683. The molecule has 0 amide bonds. The molecule has 0 saturated carbocycles. The fraction of sp³-hybridized carbons (Fsp3) is 0.833. The van der Waals surface area contributed by atoms with Crippen molar-refractivity contribution in [2.75, 3.05) is 6.61 Å². The molecule has 6 heteroatoms. The maximum Gasteiger partial charge on any atom is 0.138 e. The van der Waals surface area contributed by atoms with Crippen molar-refractivity contribution in [1.82, 2.24) is 0 Å². The number of hydrogen-bond acceptors (Lipinski definition) is 6. The Bertz CT molecular complexity index is 144. The van der Waals surface area contributed by atoms with Gasteiger partial charge in [0.1, 0.15) is 12.4 Å². The molecule has 0 heterocycles. The molecule has 7 N–H and O–H groups in total. The summed E-state index contributed by atoms with van der Waals surface area (Å²) in [5, 5.41) is 26.4. The summed E-state index contributed by atoms with van der Waals surface area (Å²) in [5.74, 6) is 0. The number of rotatable bonds is 5. The van der Waals surface area contributed by atoms with E-state index in [4.69, 9.17) is 26.8 Å². The Morgan fingerprint density at radius 3 is 2.17 bits per heavy atom. The van der Waals surface area contributed by atoms with Crippen LogP contribution in [0.5, 0.6) is 0 Å². The highest BCUT2D eigenvalue weighted by Crippen LogP contribution is 1.99. The summed E-state index contributed by atoms with van der Waals surface area (Å²) in [6.07, 6.45) is -2.39. The molecule has 0 aliphatic carbocycles. The second-order valence-electron chi connectivity index (χ2n) is 2.53. The number of aliphatic hydroxyl groups is 3. The quantitative estimate of drug-likeness (QED) is 0.278. The molecule has 6 nitrogen and oxygen atoms in total. The first kappa shape index (κ1) is 11.5. The smallest absolute Gasteiger partial charge is 0.138 e. The average Bonchev–Trinajstić information content (AvgIpc) is 2.12. The molecule has 72 valence electrons. The molecule has 0 bridgehead atoms. The van der Waals surface area contributed by atoms with E-state index in [9.17, 15) is 4.79 Å². The van der Waals surface area contributed by atoms with E-state index >= 15 is 0 Å². The van der Waals surface area contributed by atoms with Crippen LogP contribution in [0.3, 0.4) is 0 Å². The lowest BCUT2D eigenvalue weighted by Gasteiger charge is -2.24. The van der Waals surface area contributed by atoms with Gasteiger partial charge in [0.05, 0.1) is 24.8 Å². The average molecular weight is 178 g/mol. The van der Waals surface area contributed by atoms with Crippen molar-refractivity contribution in [3.05, 3.63) is 0 Å². The van der Waals surface area contributed by atoms with Crippen LogP contribution < -0.4 is 11.5 Å². The molecule has 0 aromatic heterocycles.